The van der Waals surface area contributed by atoms with Crippen molar-refractivity contribution in [2.75, 3.05) is 36.5 Å². The van der Waals surface area contributed by atoms with Crippen LogP contribution in [0.4, 0.5) is 11.8 Å². The van der Waals surface area contributed by atoms with Gasteiger partial charge in [-0.2, -0.15) is 0 Å². The van der Waals surface area contributed by atoms with Crippen LogP contribution in [0.1, 0.15) is 31.4 Å². The van der Waals surface area contributed by atoms with Crippen LogP contribution in [0.3, 0.4) is 0 Å². The molecule has 2 fully saturated rings. The molecule has 5 aromatic rings. The molecule has 41 heavy (non-hydrogen) atoms. The van der Waals surface area contributed by atoms with E-state index in [1.165, 1.54) is 12.0 Å². The number of nitrogens with zero attached hydrogens (tertiary/aromatic N) is 6. The van der Waals surface area contributed by atoms with Gasteiger partial charge in [0, 0.05) is 68.0 Å². The minimum absolute atomic E-state index is 0.144. The van der Waals surface area contributed by atoms with Crippen molar-refractivity contribution in [1.82, 2.24) is 24.3 Å². The lowest BCUT2D eigenvalue weighted by Gasteiger charge is -2.35. The summed E-state index contributed by atoms with van der Waals surface area (Å²) < 4.78 is 8.04. The third-order valence-corrected chi connectivity index (χ3v) is 8.30. The van der Waals surface area contributed by atoms with Crippen LogP contribution in [0.25, 0.3) is 16.9 Å². The van der Waals surface area contributed by atoms with Crippen molar-refractivity contribution in [3.8, 4) is 17.0 Å². The van der Waals surface area contributed by atoms with Gasteiger partial charge in [-0.05, 0) is 49.6 Å². The normalized spacial score (nSPS) is 19.1. The number of aromatic nitrogens is 4. The molecule has 2 unspecified atom stereocenters. The van der Waals surface area contributed by atoms with Gasteiger partial charge in [-0.3, -0.25) is 9.30 Å². The van der Waals surface area contributed by atoms with Gasteiger partial charge >= 0.3 is 0 Å². The van der Waals surface area contributed by atoms with Gasteiger partial charge in [-0.1, -0.05) is 48.5 Å². The lowest BCUT2D eigenvalue weighted by atomic mass is 10.1. The van der Waals surface area contributed by atoms with Gasteiger partial charge in [0.05, 0.1) is 12.3 Å². The van der Waals surface area contributed by atoms with Crippen molar-refractivity contribution < 1.29 is 4.74 Å². The Labute approximate surface area is 240 Å². The summed E-state index contributed by atoms with van der Waals surface area (Å²) in [5.41, 5.74) is 4.07. The molecule has 0 amide bonds. The highest BCUT2D eigenvalue weighted by molar-refractivity contribution is 5.68. The van der Waals surface area contributed by atoms with Gasteiger partial charge < -0.3 is 15.0 Å². The van der Waals surface area contributed by atoms with Crippen LogP contribution in [0, 0.1) is 0 Å². The fourth-order valence-corrected chi connectivity index (χ4v) is 6.22. The van der Waals surface area contributed by atoms with E-state index in [1.54, 1.807) is 0 Å². The van der Waals surface area contributed by atoms with E-state index < -0.39 is 0 Å². The fourth-order valence-electron chi connectivity index (χ4n) is 6.22. The largest absolute Gasteiger partial charge is 0.494 e. The Morgan fingerprint density at radius 1 is 0.927 bits per heavy atom. The first kappa shape index (κ1) is 25.5. The van der Waals surface area contributed by atoms with Gasteiger partial charge in [0.15, 0.2) is 0 Å². The maximum Gasteiger partial charge on any atom is 0.212 e. The average Bonchev–Trinajstić information content (AvgIpc) is 3.76. The highest BCUT2D eigenvalue weighted by atomic mass is 16.5. The minimum Gasteiger partial charge on any atom is -0.494 e. The van der Waals surface area contributed by atoms with E-state index in [1.807, 2.05) is 61.1 Å². The summed E-state index contributed by atoms with van der Waals surface area (Å²) in [6.07, 6.45) is 7.93. The van der Waals surface area contributed by atoms with Crippen LogP contribution in [0.15, 0.2) is 97.5 Å². The van der Waals surface area contributed by atoms with E-state index >= 15 is 0 Å². The van der Waals surface area contributed by atoms with E-state index in [4.69, 9.17) is 9.72 Å². The lowest BCUT2D eigenvalue weighted by Crippen LogP contribution is -2.47. The molecule has 7 rings (SSSR count). The lowest BCUT2D eigenvalue weighted by molar-refractivity contribution is 0.210. The second-order valence-electron chi connectivity index (χ2n) is 11.0. The van der Waals surface area contributed by atoms with Crippen molar-refractivity contribution in [2.45, 2.75) is 37.9 Å². The molecule has 5 heterocycles. The number of ether oxygens (including phenoxy) is 1. The number of imidazole rings is 1. The standard InChI is InChI=1S/C33H35N7O/c1-24(25-9-4-2-5-10-25)36-31-19-26(13-14-34-31)30-21-32-35-15-17-39(32)33(37-30)40-23-27-20-28(40)22-38(27)16-8-18-41-29-11-6-3-7-12-29/h2-7,9-15,17,19,21,24,27-28H,8,16,18,20,22-23H2,1H3,(H,34,36)/t24-,27?,28?/m0/s1. The van der Waals surface area contributed by atoms with Crippen LogP contribution >= 0.6 is 0 Å². The van der Waals surface area contributed by atoms with Crippen LogP contribution in [-0.2, 0) is 0 Å². The smallest absolute Gasteiger partial charge is 0.212 e. The Balaban J connectivity index is 1.05. The van der Waals surface area contributed by atoms with Crippen LogP contribution < -0.4 is 15.0 Å². The van der Waals surface area contributed by atoms with Gasteiger partial charge in [0.1, 0.15) is 17.2 Å². The molecule has 208 valence electrons. The number of hydrogen-bond donors (Lipinski definition) is 1. The summed E-state index contributed by atoms with van der Waals surface area (Å²) in [7, 11) is 0. The highest BCUT2D eigenvalue weighted by Gasteiger charge is 2.44. The van der Waals surface area contributed by atoms with Crippen molar-refractivity contribution in [3.63, 3.8) is 0 Å². The fraction of sp³-hybridized carbons (Fsp3) is 0.303. The van der Waals surface area contributed by atoms with Gasteiger partial charge in [0.25, 0.3) is 0 Å². The molecule has 2 aromatic carbocycles. The summed E-state index contributed by atoms with van der Waals surface area (Å²) in [4.78, 5) is 19.5. The number of pyridine rings is 1. The van der Waals surface area contributed by atoms with Gasteiger partial charge in [-0.15, -0.1) is 0 Å². The molecule has 2 aliphatic rings. The first-order chi connectivity index (χ1) is 20.2. The van der Waals surface area contributed by atoms with E-state index in [0.29, 0.717) is 12.1 Å². The zero-order valence-corrected chi connectivity index (χ0v) is 23.3. The number of piperazine rings is 1. The predicted molar refractivity (Wildman–Crippen MR) is 162 cm³/mol. The van der Waals surface area contributed by atoms with Crippen LogP contribution in [0.2, 0.25) is 0 Å². The van der Waals surface area contributed by atoms with E-state index in [2.05, 4.69) is 72.8 Å². The summed E-state index contributed by atoms with van der Waals surface area (Å²) in [6, 6.07) is 27.8. The van der Waals surface area contributed by atoms with Gasteiger partial charge in [0.2, 0.25) is 5.95 Å². The van der Waals surface area contributed by atoms with Crippen molar-refractivity contribution in [1.29, 1.82) is 0 Å². The Morgan fingerprint density at radius 2 is 1.76 bits per heavy atom. The SMILES string of the molecule is C[C@H](Nc1cc(-c2cc3nccn3c(N3CC4CC3CN4CCCOc3ccccc3)n2)ccn1)c1ccccc1. The number of para-hydroxylation sites is 1. The zero-order chi connectivity index (χ0) is 27.6. The Bertz CT molecular complexity index is 1610. The van der Waals surface area contributed by atoms with Crippen LogP contribution in [0.5, 0.6) is 5.75 Å². The predicted octanol–water partition coefficient (Wildman–Crippen LogP) is 5.70. The maximum atomic E-state index is 5.92. The van der Waals surface area contributed by atoms with E-state index in [9.17, 15) is 0 Å². The average molecular weight is 546 g/mol. The third-order valence-electron chi connectivity index (χ3n) is 8.30. The molecular formula is C33H35N7O. The molecule has 2 bridgehead atoms. The maximum absolute atomic E-state index is 5.92. The minimum atomic E-state index is 0.144. The number of fused-ring (bicyclic) bond motifs is 3. The molecule has 0 saturated carbocycles. The number of anilines is 2. The molecule has 2 saturated heterocycles. The van der Waals surface area contributed by atoms with Crippen LogP contribution in [-0.4, -0.2) is 62.6 Å². The van der Waals surface area contributed by atoms with Gasteiger partial charge in [-0.25, -0.2) is 15.0 Å². The molecule has 3 atom stereocenters. The molecular weight excluding hydrogens is 510 g/mol. The molecule has 0 spiro atoms. The topological polar surface area (TPSA) is 70.8 Å². The summed E-state index contributed by atoms with van der Waals surface area (Å²) in [6.45, 7) is 5.99. The second kappa shape index (κ2) is 11.2. The zero-order valence-electron chi connectivity index (χ0n) is 23.3. The van der Waals surface area contributed by atoms with E-state index in [0.717, 1.165) is 67.1 Å². The Morgan fingerprint density at radius 3 is 2.56 bits per heavy atom. The summed E-state index contributed by atoms with van der Waals surface area (Å²) in [5, 5.41) is 3.54. The highest BCUT2D eigenvalue weighted by Crippen LogP contribution is 2.35. The molecule has 0 radical (unpaired) electrons. The summed E-state index contributed by atoms with van der Waals surface area (Å²) in [5.74, 6) is 2.75. The second-order valence-corrected chi connectivity index (χ2v) is 11.0. The number of benzene rings is 2. The molecule has 2 aliphatic heterocycles. The Kier molecular flexibility index (Phi) is 6.98. The number of hydrogen-bond acceptors (Lipinski definition) is 7. The van der Waals surface area contributed by atoms with Crippen molar-refractivity contribution in [2.24, 2.45) is 0 Å². The molecule has 1 N–H and O–H groups in total. The Hall–Kier alpha value is -4.43. The third kappa shape index (κ3) is 5.35. The number of rotatable bonds is 10. The number of likely N-dealkylation sites (tertiary alicyclic amines) is 1. The molecule has 3 aromatic heterocycles. The molecule has 8 heteroatoms. The van der Waals surface area contributed by atoms with E-state index in [-0.39, 0.29) is 6.04 Å². The van der Waals surface area contributed by atoms with Crippen molar-refractivity contribution in [3.05, 3.63) is 103 Å². The monoisotopic (exact) mass is 545 g/mol. The first-order valence-corrected chi connectivity index (χ1v) is 14.5. The quantitative estimate of drug-likeness (QED) is 0.226. The van der Waals surface area contributed by atoms with Crippen molar-refractivity contribution >= 4 is 17.4 Å². The summed E-state index contributed by atoms with van der Waals surface area (Å²) >= 11 is 0. The number of nitrogens with one attached hydrogen (secondary N) is 1. The molecule has 0 aliphatic carbocycles. The molecule has 8 nitrogen and oxygen atoms in total. The first-order valence-electron chi connectivity index (χ1n) is 14.5.